The van der Waals surface area contributed by atoms with Gasteiger partial charge in [-0.15, -0.1) is 11.3 Å². The summed E-state index contributed by atoms with van der Waals surface area (Å²) in [6.45, 7) is 2.03. The number of nitriles is 1. The number of hydrogen-bond acceptors (Lipinski definition) is 4. The molecule has 0 aliphatic carbocycles. The van der Waals surface area contributed by atoms with Gasteiger partial charge in [-0.05, 0) is 19.1 Å². The Hall–Kier alpha value is -2.32. The lowest BCUT2D eigenvalue weighted by Gasteiger charge is -2.04. The molecule has 0 bridgehead atoms. The van der Waals surface area contributed by atoms with Gasteiger partial charge < -0.3 is 4.74 Å². The zero-order valence-corrected chi connectivity index (χ0v) is 12.1. The van der Waals surface area contributed by atoms with E-state index in [0.717, 1.165) is 33.4 Å². The molecule has 0 spiro atoms. The van der Waals surface area contributed by atoms with E-state index >= 15 is 0 Å². The Bertz CT molecular complexity index is 810. The van der Waals surface area contributed by atoms with Crippen molar-refractivity contribution < 1.29 is 4.74 Å². The minimum atomic E-state index is 0.339. The molecule has 0 unspecified atom stereocenters. The molecule has 0 N–H and O–H groups in total. The summed E-state index contributed by atoms with van der Waals surface area (Å²) in [4.78, 5) is 5.59. The highest BCUT2D eigenvalue weighted by molar-refractivity contribution is 7.15. The molecule has 100 valence electrons. The number of nitrogens with zero attached hydrogens (tertiary/aromatic N) is 3. The molecular weight excluding hydrogens is 270 g/mol. The molecule has 0 saturated carbocycles. The van der Waals surface area contributed by atoms with Crippen LogP contribution < -0.4 is 4.74 Å². The van der Waals surface area contributed by atoms with E-state index in [9.17, 15) is 0 Å². The third-order valence-corrected chi connectivity index (χ3v) is 4.16. The molecule has 4 nitrogen and oxygen atoms in total. The van der Waals surface area contributed by atoms with Crippen molar-refractivity contribution in [1.29, 1.82) is 5.26 Å². The van der Waals surface area contributed by atoms with Crippen molar-refractivity contribution in [2.45, 2.75) is 13.3 Å². The van der Waals surface area contributed by atoms with Gasteiger partial charge in [-0.25, -0.2) is 4.98 Å². The minimum Gasteiger partial charge on any atom is -0.497 e. The fraction of sp³-hybridized carbons (Fsp3) is 0.200. The maximum Gasteiger partial charge on any atom is 0.194 e. The lowest BCUT2D eigenvalue weighted by Crippen LogP contribution is -1.94. The zero-order valence-electron chi connectivity index (χ0n) is 11.3. The number of rotatable bonds is 3. The fourth-order valence-corrected chi connectivity index (χ4v) is 3.19. The van der Waals surface area contributed by atoms with Crippen molar-refractivity contribution in [2.75, 3.05) is 7.11 Å². The highest BCUT2D eigenvalue weighted by Gasteiger charge is 2.16. The van der Waals surface area contributed by atoms with Crippen LogP contribution in [0.5, 0.6) is 5.75 Å². The molecule has 3 rings (SSSR count). The van der Waals surface area contributed by atoms with E-state index in [0.29, 0.717) is 6.42 Å². The van der Waals surface area contributed by atoms with Crippen LogP contribution in [0.15, 0.2) is 29.6 Å². The molecule has 0 aliphatic heterocycles. The summed E-state index contributed by atoms with van der Waals surface area (Å²) in [7, 11) is 1.64. The van der Waals surface area contributed by atoms with Crippen LogP contribution in [0.4, 0.5) is 0 Å². The number of aromatic nitrogens is 2. The van der Waals surface area contributed by atoms with Crippen molar-refractivity contribution in [3.63, 3.8) is 0 Å². The molecule has 0 saturated heterocycles. The normalized spacial score (nSPS) is 10.7. The quantitative estimate of drug-likeness (QED) is 0.739. The minimum absolute atomic E-state index is 0.339. The Morgan fingerprint density at radius 1 is 1.45 bits per heavy atom. The molecule has 0 radical (unpaired) electrons. The van der Waals surface area contributed by atoms with E-state index in [2.05, 4.69) is 20.8 Å². The largest absolute Gasteiger partial charge is 0.497 e. The number of benzene rings is 1. The van der Waals surface area contributed by atoms with Crippen molar-refractivity contribution in [2.24, 2.45) is 0 Å². The molecule has 5 heteroatoms. The van der Waals surface area contributed by atoms with E-state index in [1.807, 2.05) is 31.2 Å². The summed E-state index contributed by atoms with van der Waals surface area (Å²) < 4.78 is 7.32. The third-order valence-electron chi connectivity index (χ3n) is 3.22. The number of ether oxygens (including phenoxy) is 1. The summed E-state index contributed by atoms with van der Waals surface area (Å²) in [5.41, 5.74) is 3.89. The molecule has 1 aromatic carbocycles. The van der Waals surface area contributed by atoms with Gasteiger partial charge in [0.1, 0.15) is 5.75 Å². The Morgan fingerprint density at radius 2 is 2.30 bits per heavy atom. The van der Waals surface area contributed by atoms with Gasteiger partial charge >= 0.3 is 0 Å². The highest BCUT2D eigenvalue weighted by Crippen LogP contribution is 2.30. The first kappa shape index (κ1) is 12.7. The smallest absolute Gasteiger partial charge is 0.194 e. The number of aryl methyl sites for hydroxylation is 1. The molecule has 0 fully saturated rings. The van der Waals surface area contributed by atoms with Crippen LogP contribution in [-0.2, 0) is 6.42 Å². The average Bonchev–Trinajstić information content (AvgIpc) is 3.01. The van der Waals surface area contributed by atoms with E-state index in [1.165, 1.54) is 0 Å². The van der Waals surface area contributed by atoms with Crippen molar-refractivity contribution in [3.8, 4) is 23.1 Å². The maximum absolute atomic E-state index is 9.09. The zero-order chi connectivity index (χ0) is 14.1. The Balaban J connectivity index is 2.24. The highest BCUT2D eigenvalue weighted by atomic mass is 32.1. The predicted octanol–water partition coefficient (Wildman–Crippen LogP) is 3.45. The number of hydrogen-bond donors (Lipinski definition) is 0. The second kappa shape index (κ2) is 4.99. The molecule has 0 amide bonds. The molecular formula is C15H13N3OS. The van der Waals surface area contributed by atoms with Crippen LogP contribution in [-0.4, -0.2) is 16.5 Å². The number of imidazole rings is 1. The standard InChI is InChI=1S/C15H13N3OS/c1-10-9-20-15-17-14(13(6-7-16)18(10)15)11-4-3-5-12(8-11)19-2/h3-5,8-9H,6H2,1-2H3. The Labute approximate surface area is 120 Å². The maximum atomic E-state index is 9.09. The van der Waals surface area contributed by atoms with Crippen LogP contribution >= 0.6 is 11.3 Å². The monoisotopic (exact) mass is 283 g/mol. The second-order valence-corrected chi connectivity index (χ2v) is 5.31. The Kier molecular flexibility index (Phi) is 3.17. The van der Waals surface area contributed by atoms with Gasteiger partial charge in [0, 0.05) is 16.6 Å². The van der Waals surface area contributed by atoms with Gasteiger partial charge in [-0.1, -0.05) is 12.1 Å². The van der Waals surface area contributed by atoms with Gasteiger partial charge in [0.2, 0.25) is 0 Å². The molecule has 3 aromatic rings. The summed E-state index contributed by atoms with van der Waals surface area (Å²) in [5.74, 6) is 0.790. The van der Waals surface area contributed by atoms with Crippen molar-refractivity contribution >= 4 is 16.3 Å². The number of thiazole rings is 1. The Morgan fingerprint density at radius 3 is 3.05 bits per heavy atom. The first-order valence-electron chi connectivity index (χ1n) is 6.21. The SMILES string of the molecule is COc1cccc(-c2nc3scc(C)n3c2CC#N)c1. The van der Waals surface area contributed by atoms with Crippen LogP contribution in [0.2, 0.25) is 0 Å². The van der Waals surface area contributed by atoms with E-state index in [-0.39, 0.29) is 0 Å². The molecule has 0 atom stereocenters. The van der Waals surface area contributed by atoms with Gasteiger partial charge in [0.25, 0.3) is 0 Å². The van der Waals surface area contributed by atoms with Crippen molar-refractivity contribution in [3.05, 3.63) is 41.0 Å². The second-order valence-electron chi connectivity index (χ2n) is 4.47. The molecule has 2 heterocycles. The number of methoxy groups -OCH3 is 1. The van der Waals surface area contributed by atoms with E-state index in [1.54, 1.807) is 18.4 Å². The van der Waals surface area contributed by atoms with Crippen LogP contribution in [0, 0.1) is 18.3 Å². The topological polar surface area (TPSA) is 50.3 Å². The van der Waals surface area contributed by atoms with Gasteiger partial charge in [-0.2, -0.15) is 5.26 Å². The van der Waals surface area contributed by atoms with E-state index in [4.69, 9.17) is 10.00 Å². The summed E-state index contributed by atoms with van der Waals surface area (Å²) in [6.07, 6.45) is 0.339. The lowest BCUT2D eigenvalue weighted by molar-refractivity contribution is 0.415. The van der Waals surface area contributed by atoms with Crippen LogP contribution in [0.25, 0.3) is 16.2 Å². The molecule has 2 aromatic heterocycles. The van der Waals surface area contributed by atoms with Crippen LogP contribution in [0.3, 0.4) is 0 Å². The average molecular weight is 283 g/mol. The lowest BCUT2D eigenvalue weighted by atomic mass is 10.1. The third kappa shape index (κ3) is 1.95. The van der Waals surface area contributed by atoms with Gasteiger partial charge in [0.15, 0.2) is 4.96 Å². The summed E-state index contributed by atoms with van der Waals surface area (Å²) in [5, 5.41) is 11.1. The summed E-state index contributed by atoms with van der Waals surface area (Å²) in [6, 6.07) is 10.0. The summed E-state index contributed by atoms with van der Waals surface area (Å²) >= 11 is 1.59. The van der Waals surface area contributed by atoms with E-state index < -0.39 is 0 Å². The molecule has 20 heavy (non-hydrogen) atoms. The van der Waals surface area contributed by atoms with Gasteiger partial charge in [0.05, 0.1) is 31.0 Å². The first-order chi connectivity index (χ1) is 9.74. The molecule has 0 aliphatic rings. The van der Waals surface area contributed by atoms with Gasteiger partial charge in [-0.3, -0.25) is 4.40 Å². The first-order valence-corrected chi connectivity index (χ1v) is 7.09. The van der Waals surface area contributed by atoms with Crippen molar-refractivity contribution in [1.82, 2.24) is 9.38 Å². The fourth-order valence-electron chi connectivity index (χ4n) is 2.30. The number of fused-ring (bicyclic) bond motifs is 1. The van der Waals surface area contributed by atoms with Crippen LogP contribution in [0.1, 0.15) is 11.4 Å². The predicted molar refractivity (Wildman–Crippen MR) is 79.1 cm³/mol.